The van der Waals surface area contributed by atoms with Gasteiger partial charge in [-0.25, -0.2) is 4.79 Å². The number of nitrogens with zero attached hydrogens (tertiary/aromatic N) is 1. The Balaban J connectivity index is 1.79. The van der Waals surface area contributed by atoms with Gasteiger partial charge in [0.05, 0.1) is 23.5 Å². The fraction of sp³-hybridized carbons (Fsp3) is 0.429. The van der Waals surface area contributed by atoms with Gasteiger partial charge >= 0.3 is 5.97 Å². The average molecular weight is 385 g/mol. The zero-order valence-electron chi connectivity index (χ0n) is 16.6. The third-order valence-electron chi connectivity index (χ3n) is 4.99. The minimum Gasteiger partial charge on any atom is -0.460 e. The number of hydrogen-bond donors (Lipinski definition) is 2. The second-order valence-electron chi connectivity index (χ2n) is 6.92. The predicted molar refractivity (Wildman–Crippen MR) is 108 cm³/mol. The van der Waals surface area contributed by atoms with Gasteiger partial charge in [-0.15, -0.1) is 0 Å². The van der Waals surface area contributed by atoms with E-state index in [9.17, 15) is 9.59 Å². The molecule has 0 spiro atoms. The van der Waals surface area contributed by atoms with Crippen molar-refractivity contribution in [1.82, 2.24) is 4.98 Å². The van der Waals surface area contributed by atoms with E-state index in [0.717, 1.165) is 37.3 Å². The van der Waals surface area contributed by atoms with Crippen LogP contribution in [-0.2, 0) is 9.47 Å². The Morgan fingerprint density at radius 1 is 1.14 bits per heavy atom. The van der Waals surface area contributed by atoms with E-state index in [1.165, 1.54) is 0 Å². The molecule has 0 bridgehead atoms. The second-order valence-corrected chi connectivity index (χ2v) is 6.92. The Labute approximate surface area is 165 Å². The number of aromatic nitrogens is 1. The molecule has 7 nitrogen and oxygen atoms in total. The summed E-state index contributed by atoms with van der Waals surface area (Å²) in [6.07, 6.45) is 2.32. The number of carbonyl (C=O) groups excluding carboxylic acids is 2. The minimum absolute atomic E-state index is 0.171. The molecule has 1 saturated heterocycles. The first-order valence-electron chi connectivity index (χ1n) is 9.53. The van der Waals surface area contributed by atoms with Crippen LogP contribution in [-0.4, -0.2) is 50.3 Å². The highest BCUT2D eigenvalue weighted by atomic mass is 16.6. The number of anilines is 2. The maximum atomic E-state index is 12.9. The first-order valence-corrected chi connectivity index (χ1v) is 9.53. The zero-order chi connectivity index (χ0) is 20.1. The van der Waals surface area contributed by atoms with Crippen molar-refractivity contribution in [3.05, 3.63) is 46.8 Å². The van der Waals surface area contributed by atoms with Gasteiger partial charge in [0.25, 0.3) is 5.91 Å². The Morgan fingerprint density at radius 3 is 2.57 bits per heavy atom. The van der Waals surface area contributed by atoms with Crippen molar-refractivity contribution in [2.24, 2.45) is 0 Å². The van der Waals surface area contributed by atoms with E-state index in [4.69, 9.17) is 9.47 Å². The number of rotatable bonds is 7. The van der Waals surface area contributed by atoms with Crippen molar-refractivity contribution in [3.8, 4) is 0 Å². The van der Waals surface area contributed by atoms with Crippen LogP contribution >= 0.6 is 0 Å². The van der Waals surface area contributed by atoms with Crippen LogP contribution in [0.1, 0.15) is 44.9 Å². The molecule has 3 rings (SSSR count). The lowest BCUT2D eigenvalue weighted by atomic mass is 10.1. The van der Waals surface area contributed by atoms with Gasteiger partial charge in [0.15, 0.2) is 0 Å². The van der Waals surface area contributed by atoms with Crippen LogP contribution in [0.25, 0.3) is 0 Å². The zero-order valence-corrected chi connectivity index (χ0v) is 16.6. The first-order chi connectivity index (χ1) is 13.5. The van der Waals surface area contributed by atoms with E-state index in [0.29, 0.717) is 29.1 Å². The molecular formula is C21H27N3O4. The topological polar surface area (TPSA) is 83.7 Å². The highest BCUT2D eigenvalue weighted by molar-refractivity contribution is 6.08. The summed E-state index contributed by atoms with van der Waals surface area (Å²) < 4.78 is 10.1. The molecule has 1 amide bonds. The number of methoxy groups -OCH3 is 1. The van der Waals surface area contributed by atoms with E-state index in [-0.39, 0.29) is 12.5 Å². The number of hydrogen-bond acceptors (Lipinski definition) is 5. The molecule has 7 heteroatoms. The fourth-order valence-electron chi connectivity index (χ4n) is 3.57. The Kier molecular flexibility index (Phi) is 6.36. The van der Waals surface area contributed by atoms with Crippen LogP contribution in [0.4, 0.5) is 11.4 Å². The van der Waals surface area contributed by atoms with E-state index < -0.39 is 5.97 Å². The Morgan fingerprint density at radius 2 is 1.86 bits per heavy atom. The number of esters is 1. The molecule has 1 aromatic heterocycles. The number of carbonyl (C=O) groups is 2. The third-order valence-corrected chi connectivity index (χ3v) is 4.99. The van der Waals surface area contributed by atoms with E-state index in [1.54, 1.807) is 21.0 Å². The maximum Gasteiger partial charge on any atom is 0.340 e. The molecule has 0 atom stereocenters. The molecule has 28 heavy (non-hydrogen) atoms. The quantitative estimate of drug-likeness (QED) is 0.564. The number of para-hydroxylation sites is 2. The number of benzene rings is 1. The van der Waals surface area contributed by atoms with E-state index in [1.807, 2.05) is 24.3 Å². The maximum absolute atomic E-state index is 12.9. The summed E-state index contributed by atoms with van der Waals surface area (Å²) in [5.74, 6) is -0.733. The van der Waals surface area contributed by atoms with Gasteiger partial charge in [0.1, 0.15) is 12.3 Å². The van der Waals surface area contributed by atoms with Crippen molar-refractivity contribution in [2.75, 3.05) is 43.6 Å². The van der Waals surface area contributed by atoms with Gasteiger partial charge in [-0.2, -0.15) is 0 Å². The molecule has 1 aromatic carbocycles. The molecule has 0 aliphatic carbocycles. The normalized spacial score (nSPS) is 13.6. The molecule has 0 radical (unpaired) electrons. The summed E-state index contributed by atoms with van der Waals surface area (Å²) in [6.45, 7) is 5.99. The summed E-state index contributed by atoms with van der Waals surface area (Å²) in [6, 6.07) is 7.80. The van der Waals surface area contributed by atoms with Gasteiger partial charge in [0, 0.05) is 25.9 Å². The monoisotopic (exact) mass is 385 g/mol. The molecule has 2 N–H and O–H groups in total. The van der Waals surface area contributed by atoms with Crippen molar-refractivity contribution in [1.29, 1.82) is 0 Å². The average Bonchev–Trinajstić information content (AvgIpc) is 3.30. The van der Waals surface area contributed by atoms with Gasteiger partial charge in [-0.1, -0.05) is 12.1 Å². The van der Waals surface area contributed by atoms with Gasteiger partial charge in [0.2, 0.25) is 0 Å². The lowest BCUT2D eigenvalue weighted by molar-refractivity contribution is 0.0387. The number of aromatic amines is 1. The summed E-state index contributed by atoms with van der Waals surface area (Å²) in [4.78, 5) is 30.6. The molecule has 1 fully saturated rings. The van der Waals surface area contributed by atoms with Crippen molar-refractivity contribution in [3.63, 3.8) is 0 Å². The molecule has 150 valence electrons. The summed E-state index contributed by atoms with van der Waals surface area (Å²) in [5.41, 5.74) is 3.74. The second kappa shape index (κ2) is 8.93. The lowest BCUT2D eigenvalue weighted by Gasteiger charge is -2.21. The molecular weight excluding hydrogens is 358 g/mol. The molecule has 2 heterocycles. The Hall–Kier alpha value is -2.80. The number of H-pyrrole nitrogens is 1. The molecule has 0 unspecified atom stereocenters. The van der Waals surface area contributed by atoms with Crippen LogP contribution in [0, 0.1) is 13.8 Å². The first kappa shape index (κ1) is 19.9. The van der Waals surface area contributed by atoms with Crippen LogP contribution < -0.4 is 10.2 Å². The van der Waals surface area contributed by atoms with Crippen LogP contribution in [0.3, 0.4) is 0 Å². The summed E-state index contributed by atoms with van der Waals surface area (Å²) in [7, 11) is 1.54. The van der Waals surface area contributed by atoms with Crippen LogP contribution in [0.2, 0.25) is 0 Å². The smallest absolute Gasteiger partial charge is 0.340 e. The SMILES string of the molecule is COCCOC(=O)c1c(C)[nH]c(C(=O)Nc2ccccc2N2CCCC2)c1C. The largest absolute Gasteiger partial charge is 0.460 e. The third kappa shape index (κ3) is 4.20. The van der Waals surface area contributed by atoms with Crippen molar-refractivity contribution >= 4 is 23.3 Å². The number of aryl methyl sites for hydroxylation is 1. The van der Waals surface area contributed by atoms with Crippen LogP contribution in [0.5, 0.6) is 0 Å². The van der Waals surface area contributed by atoms with E-state index >= 15 is 0 Å². The fourth-order valence-corrected chi connectivity index (χ4v) is 3.57. The lowest BCUT2D eigenvalue weighted by Crippen LogP contribution is -2.21. The van der Waals surface area contributed by atoms with Gasteiger partial charge in [-0.3, -0.25) is 4.79 Å². The standard InChI is InChI=1S/C21H27N3O4/c1-14-18(21(26)28-13-12-27-3)15(2)22-19(14)20(25)23-16-8-4-5-9-17(16)24-10-6-7-11-24/h4-5,8-9,22H,6-7,10-13H2,1-3H3,(H,23,25). The van der Waals surface area contributed by atoms with E-state index in [2.05, 4.69) is 15.2 Å². The number of nitrogens with one attached hydrogen (secondary N) is 2. The number of amides is 1. The van der Waals surface area contributed by atoms with Crippen LogP contribution in [0.15, 0.2) is 24.3 Å². The van der Waals surface area contributed by atoms with Crippen molar-refractivity contribution < 1.29 is 19.1 Å². The number of ether oxygens (including phenoxy) is 2. The van der Waals surface area contributed by atoms with Gasteiger partial charge in [-0.05, 0) is 44.4 Å². The Bertz CT molecular complexity index is 853. The highest BCUT2D eigenvalue weighted by Gasteiger charge is 2.24. The molecule has 0 saturated carbocycles. The minimum atomic E-state index is -0.459. The van der Waals surface area contributed by atoms with Gasteiger partial charge < -0.3 is 24.7 Å². The highest BCUT2D eigenvalue weighted by Crippen LogP contribution is 2.29. The molecule has 2 aromatic rings. The predicted octanol–water partition coefficient (Wildman–Crippen LogP) is 3.29. The van der Waals surface area contributed by atoms with Crippen molar-refractivity contribution in [2.45, 2.75) is 26.7 Å². The molecule has 1 aliphatic rings. The molecule has 1 aliphatic heterocycles. The summed E-state index contributed by atoms with van der Waals surface area (Å²) in [5, 5.41) is 2.99. The summed E-state index contributed by atoms with van der Waals surface area (Å²) >= 11 is 0.